The van der Waals surface area contributed by atoms with Crippen LogP contribution in [0, 0.1) is 0 Å². The first-order chi connectivity index (χ1) is 16.1. The van der Waals surface area contributed by atoms with Gasteiger partial charge in [-0.05, 0) is 48.4 Å². The van der Waals surface area contributed by atoms with Crippen LogP contribution >= 0.6 is 11.8 Å². The van der Waals surface area contributed by atoms with E-state index in [0.29, 0.717) is 32.9 Å². The van der Waals surface area contributed by atoms with E-state index in [4.69, 9.17) is 4.98 Å². The lowest BCUT2D eigenvalue weighted by molar-refractivity contribution is 0.0664. The molecule has 0 bridgehead atoms. The molecule has 0 N–H and O–H groups in total. The van der Waals surface area contributed by atoms with Crippen molar-refractivity contribution in [3.8, 4) is 5.69 Å². The molecule has 2 amide bonds. The molecular formula is C26H21N3O3S. The lowest BCUT2D eigenvalue weighted by Crippen LogP contribution is -2.32. The second-order valence-corrected chi connectivity index (χ2v) is 8.79. The molecule has 0 atom stereocenters. The average molecular weight is 456 g/mol. The predicted octanol–water partition coefficient (Wildman–Crippen LogP) is 4.34. The monoisotopic (exact) mass is 455 g/mol. The number of aryl methyl sites for hydroxylation is 1. The van der Waals surface area contributed by atoms with Crippen molar-refractivity contribution in [2.45, 2.75) is 18.5 Å². The third-order valence-electron chi connectivity index (χ3n) is 5.77. The highest BCUT2D eigenvalue weighted by molar-refractivity contribution is 7.99. The van der Waals surface area contributed by atoms with Gasteiger partial charge in [0.1, 0.15) is 0 Å². The minimum atomic E-state index is -0.282. The van der Waals surface area contributed by atoms with E-state index >= 15 is 0 Å². The Kier molecular flexibility index (Phi) is 5.56. The van der Waals surface area contributed by atoms with E-state index < -0.39 is 0 Å². The molecule has 0 saturated carbocycles. The summed E-state index contributed by atoms with van der Waals surface area (Å²) in [7, 11) is 0. The molecule has 0 fully saturated rings. The van der Waals surface area contributed by atoms with E-state index in [9.17, 15) is 14.4 Å². The first-order valence-electron chi connectivity index (χ1n) is 10.8. The second-order valence-electron chi connectivity index (χ2n) is 7.73. The normalized spacial score (nSPS) is 13.1. The van der Waals surface area contributed by atoms with Crippen molar-refractivity contribution < 1.29 is 9.59 Å². The van der Waals surface area contributed by atoms with Crippen LogP contribution in [0.2, 0.25) is 0 Å². The molecule has 2 heterocycles. The molecule has 0 aliphatic carbocycles. The van der Waals surface area contributed by atoms with Gasteiger partial charge in [-0.25, -0.2) is 4.98 Å². The summed E-state index contributed by atoms with van der Waals surface area (Å²) in [6.45, 7) is 2.31. The summed E-state index contributed by atoms with van der Waals surface area (Å²) in [5, 5.41) is 1.07. The Morgan fingerprint density at radius 3 is 2.12 bits per heavy atom. The van der Waals surface area contributed by atoms with Gasteiger partial charge < -0.3 is 0 Å². The fourth-order valence-corrected chi connectivity index (χ4v) is 4.92. The number of rotatable bonds is 6. The summed E-state index contributed by atoms with van der Waals surface area (Å²) < 4.78 is 1.61. The summed E-state index contributed by atoms with van der Waals surface area (Å²) >= 11 is 1.36. The number of para-hydroxylation sites is 1. The fourth-order valence-electron chi connectivity index (χ4n) is 3.99. The maximum absolute atomic E-state index is 13.4. The van der Waals surface area contributed by atoms with Crippen LogP contribution in [0.5, 0.6) is 0 Å². The SMILES string of the molecule is CCc1ccc(-n2c(SCCN3C(=O)c4ccccc4C3=O)nc3ccccc3c2=O)cc1. The molecule has 6 nitrogen and oxygen atoms in total. The summed E-state index contributed by atoms with van der Waals surface area (Å²) in [6.07, 6.45) is 0.910. The number of thioether (sulfide) groups is 1. The lowest BCUT2D eigenvalue weighted by atomic mass is 10.1. The molecule has 33 heavy (non-hydrogen) atoms. The number of hydrogen-bond donors (Lipinski definition) is 0. The molecule has 0 radical (unpaired) electrons. The summed E-state index contributed by atoms with van der Waals surface area (Å²) in [4.78, 5) is 44.7. The molecule has 164 valence electrons. The molecule has 0 saturated heterocycles. The van der Waals surface area contributed by atoms with Crippen molar-refractivity contribution in [1.29, 1.82) is 0 Å². The van der Waals surface area contributed by atoms with Crippen LogP contribution < -0.4 is 5.56 Å². The first-order valence-corrected chi connectivity index (χ1v) is 11.8. The highest BCUT2D eigenvalue weighted by Crippen LogP contribution is 2.25. The molecule has 1 aromatic heterocycles. The largest absolute Gasteiger partial charge is 0.273 e. The van der Waals surface area contributed by atoms with Crippen LogP contribution in [-0.4, -0.2) is 38.6 Å². The van der Waals surface area contributed by atoms with Crippen LogP contribution in [0.1, 0.15) is 33.2 Å². The number of benzene rings is 3. The number of imide groups is 1. The topological polar surface area (TPSA) is 72.3 Å². The molecule has 4 aromatic rings. The Balaban J connectivity index is 1.46. The van der Waals surface area contributed by atoms with Crippen molar-refractivity contribution in [3.05, 3.63) is 99.8 Å². The molecule has 7 heteroatoms. The Bertz CT molecular complexity index is 1410. The lowest BCUT2D eigenvalue weighted by Gasteiger charge is -2.16. The number of carbonyl (C=O) groups excluding carboxylic acids is 2. The number of nitrogens with zero attached hydrogens (tertiary/aromatic N) is 3. The summed E-state index contributed by atoms with van der Waals surface area (Å²) in [6, 6.07) is 22.0. The Hall–Kier alpha value is -3.71. The van der Waals surface area contributed by atoms with Crippen molar-refractivity contribution in [2.24, 2.45) is 0 Å². The van der Waals surface area contributed by atoms with Crippen molar-refractivity contribution in [3.63, 3.8) is 0 Å². The zero-order valence-electron chi connectivity index (χ0n) is 18.0. The van der Waals surface area contributed by atoms with Crippen molar-refractivity contribution in [1.82, 2.24) is 14.5 Å². The van der Waals surface area contributed by atoms with E-state index in [1.54, 1.807) is 34.9 Å². The molecule has 1 aliphatic rings. The minimum absolute atomic E-state index is 0.145. The maximum Gasteiger partial charge on any atom is 0.266 e. The van der Waals surface area contributed by atoms with Gasteiger partial charge in [-0.2, -0.15) is 0 Å². The number of aromatic nitrogens is 2. The molecule has 3 aromatic carbocycles. The third kappa shape index (κ3) is 3.74. The number of fused-ring (bicyclic) bond motifs is 2. The van der Waals surface area contributed by atoms with Crippen LogP contribution in [-0.2, 0) is 6.42 Å². The summed E-state index contributed by atoms with van der Waals surface area (Å²) in [5.74, 6) is -0.144. The highest BCUT2D eigenvalue weighted by atomic mass is 32.2. The van der Waals surface area contributed by atoms with E-state index in [2.05, 4.69) is 6.92 Å². The van der Waals surface area contributed by atoms with Gasteiger partial charge >= 0.3 is 0 Å². The number of carbonyl (C=O) groups is 2. The second kappa shape index (κ2) is 8.67. The van der Waals surface area contributed by atoms with E-state index in [0.717, 1.165) is 12.1 Å². The average Bonchev–Trinajstić information content (AvgIpc) is 3.09. The van der Waals surface area contributed by atoms with Crippen molar-refractivity contribution in [2.75, 3.05) is 12.3 Å². The maximum atomic E-state index is 13.4. The van der Waals surface area contributed by atoms with E-state index in [1.165, 1.54) is 22.2 Å². The number of hydrogen-bond acceptors (Lipinski definition) is 5. The standard InChI is InChI=1S/C26H21N3O3S/c1-2-17-11-13-18(14-12-17)29-25(32)21-9-5-6-10-22(21)27-26(29)33-16-15-28-23(30)19-7-3-4-8-20(19)24(28)31/h3-14H,2,15-16H2,1H3. The van der Waals surface area contributed by atoms with Gasteiger partial charge in [0.05, 0.1) is 27.7 Å². The van der Waals surface area contributed by atoms with Crippen LogP contribution in [0.3, 0.4) is 0 Å². The third-order valence-corrected chi connectivity index (χ3v) is 6.69. The van der Waals surface area contributed by atoms with Gasteiger partial charge in [0.15, 0.2) is 5.16 Å². The molecular weight excluding hydrogens is 434 g/mol. The van der Waals surface area contributed by atoms with Crippen LogP contribution in [0.15, 0.2) is 82.7 Å². The highest BCUT2D eigenvalue weighted by Gasteiger charge is 2.34. The number of amides is 2. The van der Waals surface area contributed by atoms with Crippen molar-refractivity contribution >= 4 is 34.5 Å². The van der Waals surface area contributed by atoms with E-state index in [1.807, 2.05) is 42.5 Å². The predicted molar refractivity (Wildman–Crippen MR) is 129 cm³/mol. The zero-order valence-corrected chi connectivity index (χ0v) is 18.8. The molecule has 5 rings (SSSR count). The van der Waals surface area contributed by atoms with E-state index in [-0.39, 0.29) is 23.9 Å². The van der Waals surface area contributed by atoms with Gasteiger partial charge in [0, 0.05) is 12.3 Å². The first kappa shape index (κ1) is 21.2. The molecule has 0 unspecified atom stereocenters. The fraction of sp³-hybridized carbons (Fsp3) is 0.154. The van der Waals surface area contributed by atoms with Crippen LogP contribution in [0.4, 0.5) is 0 Å². The molecule has 1 aliphatic heterocycles. The van der Waals surface area contributed by atoms with Gasteiger partial charge in [-0.15, -0.1) is 0 Å². The van der Waals surface area contributed by atoms with Gasteiger partial charge in [-0.1, -0.05) is 55.1 Å². The Morgan fingerprint density at radius 2 is 1.45 bits per heavy atom. The Labute approximate surface area is 194 Å². The molecule has 0 spiro atoms. The van der Waals surface area contributed by atoms with Gasteiger partial charge in [0.2, 0.25) is 0 Å². The van der Waals surface area contributed by atoms with Crippen LogP contribution in [0.25, 0.3) is 16.6 Å². The minimum Gasteiger partial charge on any atom is -0.273 e. The van der Waals surface area contributed by atoms with Gasteiger partial charge in [-0.3, -0.25) is 23.9 Å². The Morgan fingerprint density at radius 1 is 0.818 bits per heavy atom. The zero-order chi connectivity index (χ0) is 22.9. The quantitative estimate of drug-likeness (QED) is 0.246. The smallest absolute Gasteiger partial charge is 0.266 e. The summed E-state index contributed by atoms with van der Waals surface area (Å²) in [5.41, 5.74) is 3.26. The van der Waals surface area contributed by atoms with Gasteiger partial charge in [0.25, 0.3) is 17.4 Å².